The quantitative estimate of drug-likeness (QED) is 0.121. The number of hydrogen-bond acceptors (Lipinski definition) is 10. The predicted molar refractivity (Wildman–Crippen MR) is 453 cm³/mol. The minimum Gasteiger partial charge on any atom is -0.264 e. The number of aromatic nitrogens is 15. The molecular weight excluding hydrogens is 1360 g/mol. The van der Waals surface area contributed by atoms with Gasteiger partial charge in [0.15, 0.2) is 5.52 Å². The third-order valence-corrected chi connectivity index (χ3v) is 21.3. The highest BCUT2D eigenvalue weighted by atomic mass is 15.1. The molecule has 0 bridgehead atoms. The zero-order valence-corrected chi connectivity index (χ0v) is 70.4. The van der Waals surface area contributed by atoms with E-state index in [1.807, 2.05) is 69.6 Å². The molecule has 0 N–H and O–H groups in total. The topological polar surface area (TPSA) is 148 Å². The van der Waals surface area contributed by atoms with E-state index >= 15 is 0 Å². The van der Waals surface area contributed by atoms with Crippen molar-refractivity contribution >= 4 is 54.6 Å². The SMILES string of the molecule is Cc1cc(C)c(C)c(-c2nc3ccncc3c[n+]2C)c1.Cc1cc(C)c(C)c(-c2nc3cncc(C(C)C)c3c[n+]2C)c1.Cc1cc(C)c(C)c(-c2nc3cncc(CC(C)C)c3c[n+]2C)c1.Cc1cc(C)c(C)c(-c2nc3cnccc3c[n+]2C)c1.Cc1cc(C)c(C)c(-c2nc3nccc(CC(C)C)c3c[n+]2C)c1. The van der Waals surface area contributed by atoms with Crippen molar-refractivity contribution in [2.75, 3.05) is 0 Å². The van der Waals surface area contributed by atoms with Crippen LogP contribution in [0.15, 0.2) is 166 Å². The van der Waals surface area contributed by atoms with E-state index in [4.69, 9.17) is 24.9 Å². The maximum atomic E-state index is 4.96. The molecule has 15 aromatic rings. The Kier molecular flexibility index (Phi) is 24.8. The van der Waals surface area contributed by atoms with E-state index < -0.39 is 0 Å². The van der Waals surface area contributed by atoms with Gasteiger partial charge in [-0.05, 0) is 302 Å². The first kappa shape index (κ1) is 80.6. The normalized spacial score (nSPS) is 11.3. The van der Waals surface area contributed by atoms with Crippen molar-refractivity contribution in [3.8, 4) is 56.9 Å². The molecule has 0 radical (unpaired) electrons. The summed E-state index contributed by atoms with van der Waals surface area (Å²) < 4.78 is 10.6. The van der Waals surface area contributed by atoms with Crippen LogP contribution in [0.4, 0.5) is 0 Å². The summed E-state index contributed by atoms with van der Waals surface area (Å²) in [5, 5.41) is 5.70. The Balaban J connectivity index is 0.000000138. The maximum absolute atomic E-state index is 4.96. The Morgan fingerprint density at radius 2 is 0.649 bits per heavy atom. The van der Waals surface area contributed by atoms with E-state index in [-0.39, 0.29) is 0 Å². The number of aryl methyl sites for hydroxylation is 15. The average Bonchev–Trinajstić information content (AvgIpc) is 0.797. The van der Waals surface area contributed by atoms with Gasteiger partial charge in [-0.2, -0.15) is 0 Å². The van der Waals surface area contributed by atoms with E-state index in [0.29, 0.717) is 17.8 Å². The minimum absolute atomic E-state index is 0.432. The largest absolute Gasteiger partial charge is 0.333 e. The van der Waals surface area contributed by atoms with Crippen LogP contribution in [0.2, 0.25) is 0 Å². The van der Waals surface area contributed by atoms with Gasteiger partial charge in [-0.1, -0.05) is 71.9 Å². The molecule has 566 valence electrons. The Hall–Kier alpha value is -11.5. The van der Waals surface area contributed by atoms with Crippen molar-refractivity contribution in [2.24, 2.45) is 47.1 Å². The van der Waals surface area contributed by atoms with Crippen molar-refractivity contribution in [2.45, 2.75) is 164 Å². The molecule has 10 aromatic heterocycles. The summed E-state index contributed by atoms with van der Waals surface area (Å²) in [5.41, 5.74) is 33.7. The molecule has 15 heteroatoms. The number of fused-ring (bicyclic) bond motifs is 5. The lowest BCUT2D eigenvalue weighted by Crippen LogP contribution is -2.32. The number of nitrogens with zero attached hydrogens (tertiary/aromatic N) is 15. The second kappa shape index (κ2) is 34.2. The van der Waals surface area contributed by atoms with Gasteiger partial charge in [-0.3, -0.25) is 19.9 Å². The summed E-state index contributed by atoms with van der Waals surface area (Å²) in [4.78, 5) is 46.0. The van der Waals surface area contributed by atoms with Gasteiger partial charge in [-0.25, -0.2) is 27.8 Å². The van der Waals surface area contributed by atoms with Crippen LogP contribution in [0.3, 0.4) is 0 Å². The molecule has 0 aliphatic heterocycles. The Labute approximate surface area is 657 Å². The van der Waals surface area contributed by atoms with Gasteiger partial charge >= 0.3 is 29.1 Å². The third kappa shape index (κ3) is 18.2. The molecule has 0 saturated carbocycles. The molecule has 0 aliphatic carbocycles. The summed E-state index contributed by atoms with van der Waals surface area (Å²) >= 11 is 0. The predicted octanol–water partition coefficient (Wildman–Crippen LogP) is 18.8. The van der Waals surface area contributed by atoms with Crippen molar-refractivity contribution in [1.29, 1.82) is 0 Å². The van der Waals surface area contributed by atoms with Crippen LogP contribution < -0.4 is 22.8 Å². The summed E-state index contributed by atoms with van der Waals surface area (Å²) in [5.74, 6) is 6.58. The van der Waals surface area contributed by atoms with Gasteiger partial charge in [0.2, 0.25) is 16.6 Å². The molecule has 0 saturated heterocycles. The standard InChI is InChI=1S/2C21H26N3.C20H24N3.2C17H18N3/c1-13(2)7-17-10-22-11-20-19(17)12-24(6)21(23-20)18-9-14(3)8-15(4)16(18)5;1-13(2)9-17-7-8-22-20-19(17)12-24(6)21(23-20)18-11-14(3)10-15(4)16(18)5;1-12(2)17-9-21-10-19-18(17)11-23(6)20(22-19)16-8-13(3)7-14(4)15(16)5;1-11-7-12(2)13(3)15(8-11)17-19-16-5-6-18-9-14(16)10-20(17)4;1-11-7-12(2)13(3)15(8-11)17-19-16-9-18-6-5-14(16)10-20(17)4/h8-13H,7H2,1-6H3;7-8,10-13H,9H2,1-6H3;7-12H,1-6H3;2*5-10H,1-4H3/q5*+1. The fourth-order valence-corrected chi connectivity index (χ4v) is 14.9. The molecule has 0 spiro atoms. The first-order chi connectivity index (χ1) is 52.7. The number of benzene rings is 5. The monoisotopic (exact) mass is 1470 g/mol. The zero-order chi connectivity index (χ0) is 80.1. The first-order valence-electron chi connectivity index (χ1n) is 38.8. The zero-order valence-electron chi connectivity index (χ0n) is 70.4. The van der Waals surface area contributed by atoms with Crippen LogP contribution in [0, 0.1) is 116 Å². The molecule has 10 heterocycles. The third-order valence-electron chi connectivity index (χ3n) is 21.3. The van der Waals surface area contributed by atoms with E-state index in [9.17, 15) is 0 Å². The number of hydrogen-bond donors (Lipinski definition) is 0. The van der Waals surface area contributed by atoms with Crippen LogP contribution >= 0.6 is 0 Å². The van der Waals surface area contributed by atoms with E-state index in [0.717, 1.165) is 85.8 Å². The fourth-order valence-electron chi connectivity index (χ4n) is 14.9. The summed E-state index contributed by atoms with van der Waals surface area (Å²) in [6.45, 7) is 45.6. The number of pyridine rings is 5. The van der Waals surface area contributed by atoms with Gasteiger partial charge in [-0.15, -0.1) is 0 Å². The summed E-state index contributed by atoms with van der Waals surface area (Å²) in [7, 11) is 10.3. The van der Waals surface area contributed by atoms with E-state index in [2.05, 4.69) is 312 Å². The molecule has 15 nitrogen and oxygen atoms in total. The molecule has 0 unspecified atom stereocenters. The minimum atomic E-state index is 0.432. The van der Waals surface area contributed by atoms with E-state index in [1.54, 1.807) is 12.4 Å². The maximum Gasteiger partial charge on any atom is 0.333 e. The van der Waals surface area contributed by atoms with Gasteiger partial charge in [0.25, 0.3) is 5.65 Å². The second-order valence-corrected chi connectivity index (χ2v) is 32.0. The molecule has 0 fully saturated rings. The molecule has 5 aromatic carbocycles. The molecule has 15 rings (SSSR count). The fraction of sp³-hybridized carbons (Fsp3) is 0.323. The second-order valence-electron chi connectivity index (χ2n) is 32.0. The summed E-state index contributed by atoms with van der Waals surface area (Å²) in [6.07, 6.45) is 29.6. The molecule has 0 atom stereocenters. The first-order valence-corrected chi connectivity index (χ1v) is 38.8. The van der Waals surface area contributed by atoms with Crippen molar-refractivity contribution in [3.05, 3.63) is 266 Å². The highest BCUT2D eigenvalue weighted by molar-refractivity contribution is 5.84. The van der Waals surface area contributed by atoms with Crippen LogP contribution in [0.1, 0.15) is 148 Å². The van der Waals surface area contributed by atoms with Crippen LogP contribution in [0.5, 0.6) is 0 Å². The Morgan fingerprint density at radius 1 is 0.297 bits per heavy atom. The van der Waals surface area contributed by atoms with Crippen LogP contribution in [-0.2, 0) is 48.1 Å². The Morgan fingerprint density at radius 3 is 1.10 bits per heavy atom. The van der Waals surface area contributed by atoms with Gasteiger partial charge in [0, 0.05) is 43.2 Å². The molecule has 0 aliphatic rings. The smallest absolute Gasteiger partial charge is 0.264 e. The summed E-state index contributed by atoms with van der Waals surface area (Å²) in [6, 6.07) is 28.2. The number of rotatable bonds is 10. The van der Waals surface area contributed by atoms with Gasteiger partial charge < -0.3 is 0 Å². The highest BCUT2D eigenvalue weighted by Gasteiger charge is 2.27. The van der Waals surface area contributed by atoms with Gasteiger partial charge in [0.1, 0.15) is 31.0 Å². The van der Waals surface area contributed by atoms with Crippen molar-refractivity contribution < 1.29 is 22.8 Å². The molecule has 0 amide bonds. The lowest BCUT2D eigenvalue weighted by molar-refractivity contribution is -0.661. The lowest BCUT2D eigenvalue weighted by Gasteiger charge is -2.10. The van der Waals surface area contributed by atoms with Crippen molar-refractivity contribution in [3.63, 3.8) is 0 Å². The average molecular weight is 1480 g/mol. The lowest BCUT2D eigenvalue weighted by atomic mass is 9.98. The Bertz CT molecular complexity index is 5740. The van der Waals surface area contributed by atoms with E-state index in [1.165, 1.54) is 139 Å². The molecule has 111 heavy (non-hydrogen) atoms. The van der Waals surface area contributed by atoms with Crippen molar-refractivity contribution in [1.82, 2.24) is 49.8 Å². The molecular formula is C96H112N15+5. The van der Waals surface area contributed by atoms with Crippen LogP contribution in [-0.4, -0.2) is 49.8 Å². The highest BCUT2D eigenvalue weighted by Crippen LogP contribution is 2.32. The van der Waals surface area contributed by atoms with Crippen LogP contribution in [0.25, 0.3) is 112 Å². The van der Waals surface area contributed by atoms with Gasteiger partial charge in [0.05, 0.1) is 109 Å².